The zero-order chi connectivity index (χ0) is 14.1. The van der Waals surface area contributed by atoms with E-state index in [1.54, 1.807) is 0 Å². The molecule has 0 unspecified atom stereocenters. The zero-order valence-corrected chi connectivity index (χ0v) is 11.7. The lowest BCUT2D eigenvalue weighted by Crippen LogP contribution is -2.30. The summed E-state index contributed by atoms with van der Waals surface area (Å²) >= 11 is 0. The average molecular weight is 276 g/mol. The summed E-state index contributed by atoms with van der Waals surface area (Å²) in [5.41, 5.74) is 4.39. The van der Waals surface area contributed by atoms with E-state index in [-0.39, 0.29) is 0 Å². The Bertz CT molecular complexity index is 799. The van der Waals surface area contributed by atoms with Gasteiger partial charge < -0.3 is 5.32 Å². The molecule has 0 aliphatic carbocycles. The number of aromatic nitrogens is 2. The molecule has 0 saturated carbocycles. The van der Waals surface area contributed by atoms with Crippen LogP contribution in [0.5, 0.6) is 0 Å². The summed E-state index contributed by atoms with van der Waals surface area (Å²) in [5.74, 6) is 1.00. The van der Waals surface area contributed by atoms with Crippen molar-refractivity contribution in [2.45, 2.75) is 6.42 Å². The van der Waals surface area contributed by atoms with Gasteiger partial charge in [0.15, 0.2) is 0 Å². The van der Waals surface area contributed by atoms with Crippen LogP contribution in [0.2, 0.25) is 0 Å². The van der Waals surface area contributed by atoms with Gasteiger partial charge in [-0.1, -0.05) is 12.1 Å². The molecule has 21 heavy (non-hydrogen) atoms. The number of nitrogens with zero attached hydrogens (tertiary/aromatic N) is 3. The van der Waals surface area contributed by atoms with Crippen molar-refractivity contribution in [3.63, 3.8) is 0 Å². The lowest BCUT2D eigenvalue weighted by Gasteiger charge is -2.15. The van der Waals surface area contributed by atoms with Crippen LogP contribution in [0.4, 0.5) is 0 Å². The standard InChI is InChI=1S/C17H16N4/c1-2-5-16-15(4-1)20-12-21(16)14-8-6-13(7-9-14)17-18-10-3-11-19-17/h1-2,4-9,12H,3,10-11H2,(H,18,19). The van der Waals surface area contributed by atoms with Gasteiger partial charge >= 0.3 is 0 Å². The van der Waals surface area contributed by atoms with E-state index in [1.165, 1.54) is 0 Å². The fourth-order valence-electron chi connectivity index (χ4n) is 2.67. The minimum absolute atomic E-state index is 0.913. The average Bonchev–Trinajstić information content (AvgIpc) is 3.00. The Kier molecular flexibility index (Phi) is 2.92. The molecule has 2 heterocycles. The second-order valence-electron chi connectivity index (χ2n) is 5.16. The number of fused-ring (bicyclic) bond motifs is 1. The van der Waals surface area contributed by atoms with E-state index in [2.05, 4.69) is 50.2 Å². The normalized spacial score (nSPS) is 14.8. The fraction of sp³-hybridized carbons (Fsp3) is 0.176. The highest BCUT2D eigenvalue weighted by molar-refractivity contribution is 5.99. The van der Waals surface area contributed by atoms with Crippen LogP contribution in [-0.4, -0.2) is 28.5 Å². The molecule has 0 amide bonds. The van der Waals surface area contributed by atoms with Gasteiger partial charge in [0.25, 0.3) is 0 Å². The van der Waals surface area contributed by atoms with Gasteiger partial charge in [0.05, 0.1) is 11.0 Å². The quantitative estimate of drug-likeness (QED) is 0.782. The summed E-state index contributed by atoms with van der Waals surface area (Å²) in [6.07, 6.45) is 2.98. The Morgan fingerprint density at radius 3 is 2.67 bits per heavy atom. The van der Waals surface area contributed by atoms with Crippen molar-refractivity contribution >= 4 is 16.9 Å². The van der Waals surface area contributed by atoms with Gasteiger partial charge in [-0.3, -0.25) is 9.56 Å². The summed E-state index contributed by atoms with van der Waals surface area (Å²) in [6.45, 7) is 1.92. The molecule has 1 aliphatic rings. The van der Waals surface area contributed by atoms with Crippen LogP contribution in [0, 0.1) is 0 Å². The van der Waals surface area contributed by atoms with Gasteiger partial charge in [0, 0.05) is 24.3 Å². The molecule has 0 radical (unpaired) electrons. The van der Waals surface area contributed by atoms with Gasteiger partial charge in [0.2, 0.25) is 0 Å². The molecule has 0 bridgehead atoms. The molecule has 0 atom stereocenters. The van der Waals surface area contributed by atoms with Crippen molar-refractivity contribution in [2.24, 2.45) is 4.99 Å². The van der Waals surface area contributed by atoms with Crippen LogP contribution in [-0.2, 0) is 0 Å². The van der Waals surface area contributed by atoms with Crippen molar-refractivity contribution in [3.05, 3.63) is 60.4 Å². The smallest absolute Gasteiger partial charge is 0.128 e. The van der Waals surface area contributed by atoms with Gasteiger partial charge in [-0.05, 0) is 42.8 Å². The molecule has 0 saturated heterocycles. The van der Waals surface area contributed by atoms with Crippen LogP contribution in [0.1, 0.15) is 12.0 Å². The molecule has 3 aromatic rings. The number of para-hydroxylation sites is 2. The van der Waals surface area contributed by atoms with Crippen molar-refractivity contribution in [1.82, 2.24) is 14.9 Å². The number of rotatable bonds is 2. The zero-order valence-electron chi connectivity index (χ0n) is 11.7. The number of amidine groups is 1. The molecule has 2 aromatic carbocycles. The molecule has 4 heteroatoms. The van der Waals surface area contributed by atoms with Crippen molar-refractivity contribution < 1.29 is 0 Å². The maximum absolute atomic E-state index is 4.53. The van der Waals surface area contributed by atoms with Crippen LogP contribution in [0.25, 0.3) is 16.7 Å². The predicted molar refractivity (Wildman–Crippen MR) is 85.1 cm³/mol. The summed E-state index contributed by atoms with van der Waals surface area (Å²) < 4.78 is 2.11. The number of imidazole rings is 1. The fourth-order valence-corrected chi connectivity index (χ4v) is 2.67. The lowest BCUT2D eigenvalue weighted by atomic mass is 10.1. The number of nitrogens with one attached hydrogen (secondary N) is 1. The summed E-state index contributed by atoms with van der Waals surface area (Å²) in [4.78, 5) is 8.96. The molecule has 4 nitrogen and oxygen atoms in total. The largest absolute Gasteiger partial charge is 0.370 e. The van der Waals surface area contributed by atoms with E-state index in [0.29, 0.717) is 0 Å². The van der Waals surface area contributed by atoms with Gasteiger partial charge in [0.1, 0.15) is 12.2 Å². The highest BCUT2D eigenvalue weighted by Gasteiger charge is 2.08. The number of hydrogen-bond acceptors (Lipinski definition) is 3. The second kappa shape index (κ2) is 5.05. The Labute approximate surface area is 123 Å². The number of hydrogen-bond donors (Lipinski definition) is 1. The van der Waals surface area contributed by atoms with E-state index in [9.17, 15) is 0 Å². The predicted octanol–water partition coefficient (Wildman–Crippen LogP) is 2.77. The van der Waals surface area contributed by atoms with E-state index in [1.807, 2.05) is 24.5 Å². The molecule has 0 spiro atoms. The van der Waals surface area contributed by atoms with Crippen molar-refractivity contribution in [3.8, 4) is 5.69 Å². The first-order chi connectivity index (χ1) is 10.4. The first kappa shape index (κ1) is 12.1. The van der Waals surface area contributed by atoms with E-state index >= 15 is 0 Å². The number of benzene rings is 2. The van der Waals surface area contributed by atoms with E-state index in [0.717, 1.165) is 47.6 Å². The third-order valence-corrected chi connectivity index (χ3v) is 3.77. The molecule has 1 N–H and O–H groups in total. The van der Waals surface area contributed by atoms with Crippen LogP contribution < -0.4 is 5.32 Å². The summed E-state index contributed by atoms with van der Waals surface area (Å²) in [7, 11) is 0. The van der Waals surface area contributed by atoms with Gasteiger partial charge in [-0.25, -0.2) is 4.98 Å². The maximum atomic E-state index is 4.53. The monoisotopic (exact) mass is 276 g/mol. The topological polar surface area (TPSA) is 42.2 Å². The molecule has 4 rings (SSSR count). The van der Waals surface area contributed by atoms with Crippen LogP contribution in [0.15, 0.2) is 59.9 Å². The first-order valence-electron chi connectivity index (χ1n) is 7.23. The summed E-state index contributed by atoms with van der Waals surface area (Å²) in [6, 6.07) is 16.6. The number of aliphatic imine (C=N–C) groups is 1. The molecule has 1 aliphatic heterocycles. The van der Waals surface area contributed by atoms with Gasteiger partial charge in [-0.15, -0.1) is 0 Å². The van der Waals surface area contributed by atoms with E-state index in [4.69, 9.17) is 0 Å². The van der Waals surface area contributed by atoms with Crippen LogP contribution in [0.3, 0.4) is 0 Å². The van der Waals surface area contributed by atoms with Crippen molar-refractivity contribution in [2.75, 3.05) is 13.1 Å². The minimum atomic E-state index is 0.913. The molecular formula is C17H16N4. The third-order valence-electron chi connectivity index (χ3n) is 3.77. The second-order valence-corrected chi connectivity index (χ2v) is 5.16. The van der Waals surface area contributed by atoms with Gasteiger partial charge in [-0.2, -0.15) is 0 Å². The Hall–Kier alpha value is -2.62. The summed E-state index contributed by atoms with van der Waals surface area (Å²) in [5, 5.41) is 3.35. The van der Waals surface area contributed by atoms with Crippen LogP contribution >= 0.6 is 0 Å². The minimum Gasteiger partial charge on any atom is -0.370 e. The molecular weight excluding hydrogens is 260 g/mol. The molecule has 1 aromatic heterocycles. The third kappa shape index (κ3) is 2.18. The Morgan fingerprint density at radius 2 is 1.86 bits per heavy atom. The Balaban J connectivity index is 1.72. The lowest BCUT2D eigenvalue weighted by molar-refractivity contribution is 0.742. The maximum Gasteiger partial charge on any atom is 0.128 e. The van der Waals surface area contributed by atoms with E-state index < -0.39 is 0 Å². The highest BCUT2D eigenvalue weighted by atomic mass is 15.0. The first-order valence-corrected chi connectivity index (χ1v) is 7.23. The SMILES string of the molecule is c1ccc2c(c1)ncn2-c1ccc(C2=NCCCN2)cc1. The Morgan fingerprint density at radius 1 is 1.00 bits per heavy atom. The highest BCUT2D eigenvalue weighted by Crippen LogP contribution is 2.18. The molecule has 104 valence electrons. The molecule has 0 fully saturated rings. The van der Waals surface area contributed by atoms with Crippen molar-refractivity contribution in [1.29, 1.82) is 0 Å².